The fourth-order valence-electron chi connectivity index (χ4n) is 1.97. The molecule has 78 valence electrons. The Morgan fingerprint density at radius 2 is 2.20 bits per heavy atom. The zero-order valence-corrected chi connectivity index (χ0v) is 9.14. The van der Waals surface area contributed by atoms with Gasteiger partial charge in [0.15, 0.2) is 0 Å². The third-order valence-corrected chi connectivity index (χ3v) is 4.45. The summed E-state index contributed by atoms with van der Waals surface area (Å²) in [5, 5.41) is 11.2. The third kappa shape index (κ3) is 1.30. The topological polar surface area (TPSA) is 20.2 Å². The van der Waals surface area contributed by atoms with Crippen molar-refractivity contribution in [3.8, 4) is 0 Å². The van der Waals surface area contributed by atoms with Crippen molar-refractivity contribution in [1.29, 1.82) is 0 Å². The first-order valence-corrected chi connectivity index (χ1v) is 5.83. The molecule has 1 fully saturated rings. The molecule has 1 aliphatic carbocycles. The summed E-state index contributed by atoms with van der Waals surface area (Å²) in [6.45, 7) is 2.03. The number of halogens is 1. The first kappa shape index (κ1) is 9.31. The lowest BCUT2D eigenvalue weighted by atomic mass is 10.2. The molecule has 1 saturated carbocycles. The van der Waals surface area contributed by atoms with Gasteiger partial charge in [-0.15, -0.1) is 11.3 Å². The van der Waals surface area contributed by atoms with E-state index in [9.17, 15) is 9.50 Å². The summed E-state index contributed by atoms with van der Waals surface area (Å²) in [7, 11) is 0. The highest BCUT2D eigenvalue weighted by Gasteiger charge is 2.52. The van der Waals surface area contributed by atoms with E-state index in [4.69, 9.17) is 0 Å². The van der Waals surface area contributed by atoms with Crippen LogP contribution in [0.5, 0.6) is 0 Å². The van der Waals surface area contributed by atoms with Crippen LogP contribution < -0.4 is 0 Å². The largest absolute Gasteiger partial charge is 0.384 e. The highest BCUT2D eigenvalue weighted by Crippen LogP contribution is 2.54. The van der Waals surface area contributed by atoms with Gasteiger partial charge in [0.2, 0.25) is 0 Å². The second-order valence-corrected chi connectivity index (χ2v) is 5.41. The molecule has 0 amide bonds. The molecule has 1 aromatic carbocycles. The monoisotopic (exact) mass is 222 g/mol. The number of aliphatic hydroxyl groups is 1. The van der Waals surface area contributed by atoms with E-state index in [0.29, 0.717) is 5.92 Å². The average molecular weight is 222 g/mol. The highest BCUT2D eigenvalue weighted by molar-refractivity contribution is 7.19. The summed E-state index contributed by atoms with van der Waals surface area (Å²) in [5.41, 5.74) is -0.639. The van der Waals surface area contributed by atoms with Gasteiger partial charge in [-0.1, -0.05) is 13.0 Å². The summed E-state index contributed by atoms with van der Waals surface area (Å²) in [4.78, 5) is 0.968. The van der Waals surface area contributed by atoms with Crippen molar-refractivity contribution >= 4 is 21.4 Å². The van der Waals surface area contributed by atoms with E-state index in [1.807, 2.05) is 13.0 Å². The van der Waals surface area contributed by atoms with Crippen LogP contribution in [0.25, 0.3) is 10.1 Å². The predicted octanol–water partition coefficient (Wildman–Crippen LogP) is 3.27. The number of hydrogen-bond donors (Lipinski definition) is 1. The Labute approximate surface area is 91.2 Å². The normalized spacial score (nSPS) is 29.7. The number of hydrogen-bond acceptors (Lipinski definition) is 2. The van der Waals surface area contributed by atoms with Crippen LogP contribution in [0.1, 0.15) is 18.2 Å². The lowest BCUT2D eigenvalue weighted by molar-refractivity contribution is 0.139. The molecule has 2 atom stereocenters. The van der Waals surface area contributed by atoms with Crippen molar-refractivity contribution in [3.63, 3.8) is 0 Å². The van der Waals surface area contributed by atoms with Gasteiger partial charge in [-0.25, -0.2) is 4.39 Å². The summed E-state index contributed by atoms with van der Waals surface area (Å²) in [6.07, 6.45) is 0.822. The number of thiophene rings is 1. The first-order valence-electron chi connectivity index (χ1n) is 5.01. The molecule has 0 radical (unpaired) electrons. The Bertz CT molecular complexity index is 533. The zero-order valence-electron chi connectivity index (χ0n) is 8.33. The Morgan fingerprint density at radius 1 is 1.47 bits per heavy atom. The number of fused-ring (bicyclic) bond motifs is 1. The minimum Gasteiger partial charge on any atom is -0.384 e. The van der Waals surface area contributed by atoms with Gasteiger partial charge in [0.1, 0.15) is 11.4 Å². The molecular formula is C12H11FOS. The van der Waals surface area contributed by atoms with E-state index in [1.165, 1.54) is 23.5 Å². The number of benzene rings is 1. The Hall–Kier alpha value is -0.930. The van der Waals surface area contributed by atoms with Crippen molar-refractivity contribution < 1.29 is 9.50 Å². The van der Waals surface area contributed by atoms with Gasteiger partial charge < -0.3 is 5.11 Å². The molecule has 1 aliphatic rings. The second-order valence-electron chi connectivity index (χ2n) is 4.32. The fraction of sp³-hybridized carbons (Fsp3) is 0.333. The maximum Gasteiger partial charge on any atom is 0.124 e. The third-order valence-electron chi connectivity index (χ3n) is 3.18. The summed E-state index contributed by atoms with van der Waals surface area (Å²) >= 11 is 1.49. The van der Waals surface area contributed by atoms with Crippen LogP contribution in [-0.2, 0) is 5.60 Å². The van der Waals surface area contributed by atoms with Crippen LogP contribution in [0, 0.1) is 11.7 Å². The molecule has 3 heteroatoms. The molecule has 1 nitrogen and oxygen atoms in total. The van der Waals surface area contributed by atoms with Crippen LogP contribution >= 0.6 is 11.3 Å². The van der Waals surface area contributed by atoms with E-state index in [-0.39, 0.29) is 5.82 Å². The van der Waals surface area contributed by atoms with E-state index in [0.717, 1.165) is 21.4 Å². The molecule has 1 aromatic heterocycles. The fourth-order valence-corrected chi connectivity index (χ4v) is 3.27. The van der Waals surface area contributed by atoms with Crippen molar-refractivity contribution in [3.05, 3.63) is 35.0 Å². The quantitative estimate of drug-likeness (QED) is 0.785. The van der Waals surface area contributed by atoms with E-state index in [2.05, 4.69) is 0 Å². The van der Waals surface area contributed by atoms with Gasteiger partial charge in [0.25, 0.3) is 0 Å². The second kappa shape index (κ2) is 2.80. The Balaban J connectivity index is 2.15. The summed E-state index contributed by atoms with van der Waals surface area (Å²) in [6, 6.07) is 6.73. The maximum absolute atomic E-state index is 13.0. The van der Waals surface area contributed by atoms with Crippen LogP contribution in [0.15, 0.2) is 24.3 Å². The van der Waals surface area contributed by atoms with Crippen LogP contribution in [0.2, 0.25) is 0 Å². The minimum atomic E-state index is -0.639. The van der Waals surface area contributed by atoms with Crippen molar-refractivity contribution in [1.82, 2.24) is 0 Å². The van der Waals surface area contributed by atoms with Gasteiger partial charge >= 0.3 is 0 Å². The van der Waals surface area contributed by atoms with Crippen molar-refractivity contribution in [2.75, 3.05) is 0 Å². The van der Waals surface area contributed by atoms with Gasteiger partial charge in [-0.05, 0) is 35.9 Å². The van der Waals surface area contributed by atoms with Crippen molar-refractivity contribution in [2.24, 2.45) is 5.92 Å². The molecule has 2 unspecified atom stereocenters. The minimum absolute atomic E-state index is 0.216. The molecule has 15 heavy (non-hydrogen) atoms. The van der Waals surface area contributed by atoms with Gasteiger partial charge in [0, 0.05) is 9.58 Å². The van der Waals surface area contributed by atoms with Crippen LogP contribution in [0.3, 0.4) is 0 Å². The molecule has 1 N–H and O–H groups in total. The molecule has 0 bridgehead atoms. The number of rotatable bonds is 1. The van der Waals surface area contributed by atoms with Crippen molar-refractivity contribution in [2.45, 2.75) is 18.9 Å². The summed E-state index contributed by atoms with van der Waals surface area (Å²) in [5.74, 6) is 0.113. The lowest BCUT2D eigenvalue weighted by Gasteiger charge is -2.03. The molecule has 2 aromatic rings. The molecule has 0 aliphatic heterocycles. The average Bonchev–Trinajstić information content (AvgIpc) is 2.62. The first-order chi connectivity index (χ1) is 7.09. The van der Waals surface area contributed by atoms with E-state index in [1.54, 1.807) is 6.07 Å². The molecule has 0 spiro atoms. The van der Waals surface area contributed by atoms with Gasteiger partial charge in [-0.2, -0.15) is 0 Å². The van der Waals surface area contributed by atoms with E-state index < -0.39 is 5.60 Å². The predicted molar refractivity (Wildman–Crippen MR) is 59.5 cm³/mol. The smallest absolute Gasteiger partial charge is 0.124 e. The highest BCUT2D eigenvalue weighted by atomic mass is 32.1. The van der Waals surface area contributed by atoms with Crippen LogP contribution in [-0.4, -0.2) is 5.11 Å². The van der Waals surface area contributed by atoms with E-state index >= 15 is 0 Å². The Morgan fingerprint density at radius 3 is 2.87 bits per heavy atom. The molecular weight excluding hydrogens is 211 g/mol. The summed E-state index contributed by atoms with van der Waals surface area (Å²) < 4.78 is 13.9. The SMILES string of the molecule is CC1CC1(O)c1cc2ccc(F)cc2s1. The maximum atomic E-state index is 13.0. The van der Waals surface area contributed by atoms with Gasteiger partial charge in [0.05, 0.1) is 0 Å². The Kier molecular flexibility index (Phi) is 1.74. The molecule has 3 rings (SSSR count). The standard InChI is InChI=1S/C12H11FOS/c1-7-6-12(7,14)11-4-8-2-3-9(13)5-10(8)15-11/h2-5,7,14H,6H2,1H3. The van der Waals surface area contributed by atoms with Gasteiger partial charge in [-0.3, -0.25) is 0 Å². The zero-order chi connectivity index (χ0) is 10.6. The molecule has 0 saturated heterocycles. The van der Waals surface area contributed by atoms with Crippen LogP contribution in [0.4, 0.5) is 4.39 Å². The molecule has 1 heterocycles. The lowest BCUT2D eigenvalue weighted by Crippen LogP contribution is -2.03.